The first-order chi connectivity index (χ1) is 9.56. The third kappa shape index (κ3) is 2.09. The summed E-state index contributed by atoms with van der Waals surface area (Å²) < 4.78 is 13.3. The van der Waals surface area contributed by atoms with Crippen LogP contribution in [0.25, 0.3) is 11.0 Å². The Morgan fingerprint density at radius 3 is 3.00 bits per heavy atom. The average Bonchev–Trinajstić information content (AvgIpc) is 3.02. The van der Waals surface area contributed by atoms with Crippen LogP contribution in [0.3, 0.4) is 0 Å². The fourth-order valence-electron chi connectivity index (χ4n) is 2.42. The molecule has 3 heterocycles. The number of alkyl halides is 1. The lowest BCUT2D eigenvalue weighted by Crippen LogP contribution is -2.22. The van der Waals surface area contributed by atoms with Gasteiger partial charge in [-0.2, -0.15) is 5.10 Å². The molecule has 106 valence electrons. The Labute approximate surface area is 115 Å². The largest absolute Gasteiger partial charge is 0.352 e. The van der Waals surface area contributed by atoms with Gasteiger partial charge in [-0.05, 0) is 12.5 Å². The first-order valence-electron chi connectivity index (χ1n) is 6.51. The van der Waals surface area contributed by atoms with E-state index in [2.05, 4.69) is 15.2 Å². The van der Waals surface area contributed by atoms with Crippen LogP contribution >= 0.6 is 0 Å². The molecule has 1 saturated heterocycles. The zero-order valence-corrected chi connectivity index (χ0v) is 11.4. The van der Waals surface area contributed by atoms with Gasteiger partial charge >= 0.3 is 0 Å². The standard InChI is InChI=1S/C13H16FN5O/c1-18(2)13(20)8-5-10-11(15-6-8)16-17-12(10)19-4-3-9(14)7-19/h5-6,9H,3-4,7H2,1-2H3,(H,15,16,17). The molecule has 1 atom stereocenters. The number of fused-ring (bicyclic) bond motifs is 1. The Morgan fingerprint density at radius 2 is 2.35 bits per heavy atom. The minimum Gasteiger partial charge on any atom is -0.352 e. The van der Waals surface area contributed by atoms with Gasteiger partial charge in [-0.3, -0.25) is 9.89 Å². The van der Waals surface area contributed by atoms with Crippen LogP contribution in [0, 0.1) is 0 Å². The Kier molecular flexibility index (Phi) is 3.04. The van der Waals surface area contributed by atoms with Crippen molar-refractivity contribution in [3.63, 3.8) is 0 Å². The highest BCUT2D eigenvalue weighted by atomic mass is 19.1. The lowest BCUT2D eigenvalue weighted by atomic mass is 10.2. The smallest absolute Gasteiger partial charge is 0.254 e. The number of hydrogen-bond donors (Lipinski definition) is 1. The molecule has 1 amide bonds. The number of amides is 1. The minimum atomic E-state index is -0.818. The second-order valence-electron chi connectivity index (χ2n) is 5.20. The van der Waals surface area contributed by atoms with Gasteiger partial charge in [0.2, 0.25) is 0 Å². The molecule has 0 bridgehead atoms. The van der Waals surface area contributed by atoms with E-state index in [4.69, 9.17) is 0 Å². The van der Waals surface area contributed by atoms with Crippen LogP contribution in [-0.4, -0.2) is 59.3 Å². The van der Waals surface area contributed by atoms with Crippen molar-refractivity contribution in [1.82, 2.24) is 20.1 Å². The molecule has 7 heteroatoms. The van der Waals surface area contributed by atoms with E-state index in [1.54, 1.807) is 20.2 Å². The molecule has 2 aromatic heterocycles. The van der Waals surface area contributed by atoms with Gasteiger partial charge in [0, 0.05) is 26.8 Å². The van der Waals surface area contributed by atoms with Crippen molar-refractivity contribution < 1.29 is 9.18 Å². The number of nitrogens with zero attached hydrogens (tertiary/aromatic N) is 4. The van der Waals surface area contributed by atoms with Crippen LogP contribution < -0.4 is 4.90 Å². The van der Waals surface area contributed by atoms with Crippen molar-refractivity contribution in [3.05, 3.63) is 17.8 Å². The van der Waals surface area contributed by atoms with E-state index in [0.29, 0.717) is 36.5 Å². The molecular weight excluding hydrogens is 261 g/mol. The van der Waals surface area contributed by atoms with Gasteiger partial charge in [0.1, 0.15) is 6.17 Å². The number of pyridine rings is 1. The second-order valence-corrected chi connectivity index (χ2v) is 5.20. The highest BCUT2D eigenvalue weighted by molar-refractivity contribution is 5.99. The lowest BCUT2D eigenvalue weighted by molar-refractivity contribution is 0.0827. The zero-order chi connectivity index (χ0) is 14.3. The molecule has 3 rings (SSSR count). The zero-order valence-electron chi connectivity index (χ0n) is 11.4. The quantitative estimate of drug-likeness (QED) is 0.896. The normalized spacial score (nSPS) is 18.8. The van der Waals surface area contributed by atoms with Gasteiger partial charge in [-0.25, -0.2) is 9.37 Å². The van der Waals surface area contributed by atoms with Crippen LogP contribution in [0.15, 0.2) is 12.3 Å². The molecule has 0 saturated carbocycles. The van der Waals surface area contributed by atoms with Crippen molar-refractivity contribution in [3.8, 4) is 0 Å². The summed E-state index contributed by atoms with van der Waals surface area (Å²) in [6.45, 7) is 0.971. The minimum absolute atomic E-state index is 0.115. The Hall–Kier alpha value is -2.18. The van der Waals surface area contributed by atoms with Crippen molar-refractivity contribution in [2.24, 2.45) is 0 Å². The molecule has 1 unspecified atom stereocenters. The first-order valence-corrected chi connectivity index (χ1v) is 6.51. The van der Waals surface area contributed by atoms with Crippen LogP contribution in [0.5, 0.6) is 0 Å². The van der Waals surface area contributed by atoms with Gasteiger partial charge < -0.3 is 9.80 Å². The maximum atomic E-state index is 13.3. The van der Waals surface area contributed by atoms with Crippen molar-refractivity contribution in [2.45, 2.75) is 12.6 Å². The summed E-state index contributed by atoms with van der Waals surface area (Å²) in [5.41, 5.74) is 1.11. The number of carbonyl (C=O) groups is 1. The molecule has 6 nitrogen and oxygen atoms in total. The SMILES string of the molecule is CN(C)C(=O)c1cnc2[nH]nc(N3CCC(F)C3)c2c1. The number of aromatic nitrogens is 3. The Balaban J connectivity index is 2.02. The highest BCUT2D eigenvalue weighted by Gasteiger charge is 2.25. The fraction of sp³-hybridized carbons (Fsp3) is 0.462. The van der Waals surface area contributed by atoms with Gasteiger partial charge in [0.25, 0.3) is 5.91 Å². The molecule has 0 radical (unpaired) electrons. The van der Waals surface area contributed by atoms with Crippen LogP contribution in [0.4, 0.5) is 10.2 Å². The highest BCUT2D eigenvalue weighted by Crippen LogP contribution is 2.27. The molecule has 0 aliphatic carbocycles. The number of rotatable bonds is 2. The summed E-state index contributed by atoms with van der Waals surface area (Å²) in [6, 6.07) is 1.76. The third-order valence-corrected chi connectivity index (χ3v) is 3.48. The molecular formula is C13H16FN5O. The van der Waals surface area contributed by atoms with Gasteiger partial charge in [-0.15, -0.1) is 0 Å². The summed E-state index contributed by atoms with van der Waals surface area (Å²) in [5, 5.41) is 7.79. The molecule has 1 aliphatic heterocycles. The molecule has 0 spiro atoms. The maximum absolute atomic E-state index is 13.3. The second kappa shape index (κ2) is 4.73. The monoisotopic (exact) mass is 277 g/mol. The van der Waals surface area contributed by atoms with Crippen molar-refractivity contribution >= 4 is 22.8 Å². The topological polar surface area (TPSA) is 65.1 Å². The Bertz CT molecular complexity index is 653. The van der Waals surface area contributed by atoms with E-state index < -0.39 is 6.17 Å². The predicted molar refractivity (Wildman–Crippen MR) is 73.6 cm³/mol. The third-order valence-electron chi connectivity index (χ3n) is 3.48. The molecule has 0 aromatic carbocycles. The Morgan fingerprint density at radius 1 is 1.55 bits per heavy atom. The molecule has 2 aromatic rings. The molecule has 20 heavy (non-hydrogen) atoms. The fourth-order valence-corrected chi connectivity index (χ4v) is 2.42. The number of H-pyrrole nitrogens is 1. The summed E-state index contributed by atoms with van der Waals surface area (Å²) in [5.74, 6) is 0.553. The number of halogens is 1. The predicted octanol–water partition coefficient (Wildman–Crippen LogP) is 1.21. The van der Waals surface area contributed by atoms with Gasteiger partial charge in [0.05, 0.1) is 17.5 Å². The van der Waals surface area contributed by atoms with E-state index in [1.807, 2.05) is 4.90 Å². The van der Waals surface area contributed by atoms with E-state index in [0.717, 1.165) is 5.39 Å². The lowest BCUT2D eigenvalue weighted by Gasteiger charge is -2.14. The van der Waals surface area contributed by atoms with Crippen molar-refractivity contribution in [2.75, 3.05) is 32.1 Å². The number of hydrogen-bond acceptors (Lipinski definition) is 4. The number of nitrogens with one attached hydrogen (secondary N) is 1. The van der Waals surface area contributed by atoms with Gasteiger partial charge in [-0.1, -0.05) is 0 Å². The van der Waals surface area contributed by atoms with Crippen molar-refractivity contribution in [1.29, 1.82) is 0 Å². The maximum Gasteiger partial charge on any atom is 0.254 e. The van der Waals surface area contributed by atoms with Crippen LogP contribution in [0.1, 0.15) is 16.8 Å². The average molecular weight is 277 g/mol. The summed E-state index contributed by atoms with van der Waals surface area (Å²) >= 11 is 0. The van der Waals surface area contributed by atoms with Crippen LogP contribution in [0.2, 0.25) is 0 Å². The molecule has 1 fully saturated rings. The van der Waals surface area contributed by atoms with E-state index >= 15 is 0 Å². The molecule has 1 aliphatic rings. The van der Waals surface area contributed by atoms with Crippen LogP contribution in [-0.2, 0) is 0 Å². The van der Waals surface area contributed by atoms with E-state index in [9.17, 15) is 9.18 Å². The molecule has 1 N–H and O–H groups in total. The summed E-state index contributed by atoms with van der Waals surface area (Å²) in [6.07, 6.45) is 1.22. The number of aromatic amines is 1. The van der Waals surface area contributed by atoms with Gasteiger partial charge in [0.15, 0.2) is 11.5 Å². The summed E-state index contributed by atoms with van der Waals surface area (Å²) in [7, 11) is 3.38. The number of carbonyl (C=O) groups excluding carboxylic acids is 1. The summed E-state index contributed by atoms with van der Waals surface area (Å²) in [4.78, 5) is 19.6. The number of anilines is 1. The first kappa shape index (κ1) is 12.8. The van der Waals surface area contributed by atoms with E-state index in [1.165, 1.54) is 11.1 Å². The van der Waals surface area contributed by atoms with E-state index in [-0.39, 0.29) is 5.91 Å².